The first-order chi connectivity index (χ1) is 7.18. The minimum Gasteiger partial charge on any atom is -0.399 e. The molecule has 0 spiro atoms. The van der Waals surface area contributed by atoms with Crippen LogP contribution in [0.1, 0.15) is 11.3 Å². The first-order valence-electron chi connectivity index (χ1n) is 4.88. The van der Waals surface area contributed by atoms with E-state index in [1.165, 1.54) is 5.56 Å². The third-order valence-corrected chi connectivity index (χ3v) is 1.85. The fraction of sp³-hybridized carbons (Fsp3) is 0.154. The highest BCUT2D eigenvalue weighted by Crippen LogP contribution is 2.03. The maximum Gasteiger partial charge on any atom is 0.0372 e. The van der Waals surface area contributed by atoms with Gasteiger partial charge < -0.3 is 5.73 Å². The summed E-state index contributed by atoms with van der Waals surface area (Å²) >= 11 is 0. The van der Waals surface area contributed by atoms with Crippen molar-refractivity contribution in [2.45, 2.75) is 13.8 Å². The Morgan fingerprint density at radius 3 is 2.13 bits per heavy atom. The molecule has 0 aliphatic rings. The SMILES string of the molecule is Cc1cccc(N)c1.Cc1ccccn1. The van der Waals surface area contributed by atoms with Gasteiger partial charge in [-0.15, -0.1) is 0 Å². The second-order valence-electron chi connectivity index (χ2n) is 3.39. The van der Waals surface area contributed by atoms with Crippen LogP contribution in [0.25, 0.3) is 0 Å². The lowest BCUT2D eigenvalue weighted by atomic mass is 10.2. The Morgan fingerprint density at radius 1 is 1.00 bits per heavy atom. The monoisotopic (exact) mass is 200 g/mol. The Morgan fingerprint density at radius 2 is 1.80 bits per heavy atom. The third-order valence-electron chi connectivity index (χ3n) is 1.85. The molecule has 0 aliphatic carbocycles. The molecule has 1 heterocycles. The lowest BCUT2D eigenvalue weighted by Crippen LogP contribution is -1.82. The van der Waals surface area contributed by atoms with Gasteiger partial charge in [0.2, 0.25) is 0 Å². The molecule has 2 nitrogen and oxygen atoms in total. The van der Waals surface area contributed by atoms with Gasteiger partial charge in [-0.25, -0.2) is 0 Å². The van der Waals surface area contributed by atoms with Crippen LogP contribution in [-0.2, 0) is 0 Å². The minimum absolute atomic E-state index is 0.838. The number of benzene rings is 1. The smallest absolute Gasteiger partial charge is 0.0372 e. The summed E-state index contributed by atoms with van der Waals surface area (Å²) in [5.41, 5.74) is 8.58. The zero-order chi connectivity index (χ0) is 11.1. The van der Waals surface area contributed by atoms with Crippen LogP contribution in [0.15, 0.2) is 48.7 Å². The molecular weight excluding hydrogens is 184 g/mol. The van der Waals surface area contributed by atoms with Gasteiger partial charge in [0.05, 0.1) is 0 Å². The number of hydrogen-bond donors (Lipinski definition) is 1. The van der Waals surface area contributed by atoms with E-state index in [2.05, 4.69) is 4.98 Å². The first kappa shape index (κ1) is 11.2. The van der Waals surface area contributed by atoms with Crippen molar-refractivity contribution < 1.29 is 0 Å². The largest absolute Gasteiger partial charge is 0.399 e. The van der Waals surface area contributed by atoms with E-state index < -0.39 is 0 Å². The molecule has 0 fully saturated rings. The van der Waals surface area contributed by atoms with Gasteiger partial charge in [0.25, 0.3) is 0 Å². The maximum atomic E-state index is 5.46. The molecule has 0 saturated heterocycles. The molecule has 0 radical (unpaired) electrons. The number of aryl methyl sites for hydroxylation is 2. The molecule has 0 unspecified atom stereocenters. The first-order valence-corrected chi connectivity index (χ1v) is 4.88. The number of rotatable bonds is 0. The maximum absolute atomic E-state index is 5.46. The fourth-order valence-electron chi connectivity index (χ4n) is 1.12. The highest BCUT2D eigenvalue weighted by Gasteiger charge is 1.81. The average molecular weight is 200 g/mol. The predicted octanol–water partition coefficient (Wildman–Crippen LogP) is 2.97. The highest BCUT2D eigenvalue weighted by atomic mass is 14.6. The predicted molar refractivity (Wildman–Crippen MR) is 64.6 cm³/mol. The van der Waals surface area contributed by atoms with E-state index in [9.17, 15) is 0 Å². The highest BCUT2D eigenvalue weighted by molar-refractivity contribution is 5.39. The second-order valence-corrected chi connectivity index (χ2v) is 3.39. The molecular formula is C13H16N2. The summed E-state index contributed by atoms with van der Waals surface area (Å²) < 4.78 is 0. The van der Waals surface area contributed by atoms with Crippen molar-refractivity contribution in [2.24, 2.45) is 0 Å². The van der Waals surface area contributed by atoms with Gasteiger partial charge in [-0.2, -0.15) is 0 Å². The standard InChI is InChI=1S/C7H9N.C6H7N/c1-6-3-2-4-7(8)5-6;1-6-4-2-3-5-7-6/h2-5H,8H2,1H3;2-5H,1H3. The van der Waals surface area contributed by atoms with Gasteiger partial charge in [0, 0.05) is 17.6 Å². The fourth-order valence-corrected chi connectivity index (χ4v) is 1.12. The lowest BCUT2D eigenvalue weighted by molar-refractivity contribution is 1.20. The van der Waals surface area contributed by atoms with Crippen LogP contribution in [0.3, 0.4) is 0 Å². The van der Waals surface area contributed by atoms with Crippen molar-refractivity contribution in [1.82, 2.24) is 4.98 Å². The van der Waals surface area contributed by atoms with Gasteiger partial charge in [-0.05, 0) is 43.7 Å². The van der Waals surface area contributed by atoms with E-state index in [1.807, 2.05) is 56.3 Å². The molecule has 2 rings (SSSR count). The molecule has 2 heteroatoms. The molecule has 1 aromatic carbocycles. The molecule has 15 heavy (non-hydrogen) atoms. The Labute approximate surface area is 90.8 Å². The molecule has 78 valence electrons. The van der Waals surface area contributed by atoms with Gasteiger partial charge in [0.1, 0.15) is 0 Å². The summed E-state index contributed by atoms with van der Waals surface area (Å²) in [6.07, 6.45) is 1.79. The average Bonchev–Trinajstić information content (AvgIpc) is 2.19. The second kappa shape index (κ2) is 5.81. The van der Waals surface area contributed by atoms with Gasteiger partial charge in [-0.1, -0.05) is 18.2 Å². The molecule has 0 bridgehead atoms. The van der Waals surface area contributed by atoms with Crippen LogP contribution >= 0.6 is 0 Å². The lowest BCUT2D eigenvalue weighted by Gasteiger charge is -1.91. The van der Waals surface area contributed by atoms with Crippen molar-refractivity contribution in [3.05, 3.63) is 59.9 Å². The van der Waals surface area contributed by atoms with Gasteiger partial charge >= 0.3 is 0 Å². The van der Waals surface area contributed by atoms with Crippen molar-refractivity contribution in [2.75, 3.05) is 5.73 Å². The van der Waals surface area contributed by atoms with Crippen molar-refractivity contribution >= 4 is 5.69 Å². The van der Waals surface area contributed by atoms with E-state index in [1.54, 1.807) is 6.20 Å². The van der Waals surface area contributed by atoms with Crippen LogP contribution in [0.5, 0.6) is 0 Å². The normalized spacial score (nSPS) is 8.93. The number of nitrogens with two attached hydrogens (primary N) is 1. The molecule has 0 saturated carbocycles. The molecule has 2 aromatic rings. The van der Waals surface area contributed by atoms with Crippen molar-refractivity contribution in [3.63, 3.8) is 0 Å². The van der Waals surface area contributed by atoms with Crippen LogP contribution < -0.4 is 5.73 Å². The number of anilines is 1. The summed E-state index contributed by atoms with van der Waals surface area (Å²) in [5.74, 6) is 0. The molecule has 0 atom stereocenters. The molecule has 2 N–H and O–H groups in total. The van der Waals surface area contributed by atoms with Crippen LogP contribution in [0.4, 0.5) is 5.69 Å². The number of hydrogen-bond acceptors (Lipinski definition) is 2. The van der Waals surface area contributed by atoms with Crippen LogP contribution in [-0.4, -0.2) is 4.98 Å². The van der Waals surface area contributed by atoms with E-state index >= 15 is 0 Å². The molecule has 0 aliphatic heterocycles. The summed E-state index contributed by atoms with van der Waals surface area (Å²) in [5, 5.41) is 0. The summed E-state index contributed by atoms with van der Waals surface area (Å²) in [7, 11) is 0. The Balaban J connectivity index is 0.000000151. The zero-order valence-corrected chi connectivity index (χ0v) is 9.14. The van der Waals surface area contributed by atoms with Crippen molar-refractivity contribution in [3.8, 4) is 0 Å². The Bertz CT molecular complexity index is 379. The van der Waals surface area contributed by atoms with Gasteiger partial charge in [-0.3, -0.25) is 4.98 Å². The molecule has 1 aromatic heterocycles. The molecule has 0 amide bonds. The quantitative estimate of drug-likeness (QED) is 0.664. The number of nitrogen functional groups attached to an aromatic ring is 1. The Hall–Kier alpha value is -1.83. The number of nitrogens with zero attached hydrogens (tertiary/aromatic N) is 1. The number of aromatic nitrogens is 1. The van der Waals surface area contributed by atoms with E-state index in [0.29, 0.717) is 0 Å². The van der Waals surface area contributed by atoms with E-state index in [-0.39, 0.29) is 0 Å². The van der Waals surface area contributed by atoms with Crippen molar-refractivity contribution in [1.29, 1.82) is 0 Å². The summed E-state index contributed by atoms with van der Waals surface area (Å²) in [6.45, 7) is 4.00. The zero-order valence-electron chi connectivity index (χ0n) is 9.14. The van der Waals surface area contributed by atoms with E-state index in [0.717, 1.165) is 11.4 Å². The number of pyridine rings is 1. The van der Waals surface area contributed by atoms with E-state index in [4.69, 9.17) is 5.73 Å². The topological polar surface area (TPSA) is 38.9 Å². The summed E-state index contributed by atoms with van der Waals surface area (Å²) in [4.78, 5) is 3.98. The van der Waals surface area contributed by atoms with Crippen LogP contribution in [0, 0.1) is 13.8 Å². The Kier molecular flexibility index (Phi) is 4.35. The van der Waals surface area contributed by atoms with Gasteiger partial charge in [0.15, 0.2) is 0 Å². The third kappa shape index (κ3) is 4.81. The minimum atomic E-state index is 0.838. The van der Waals surface area contributed by atoms with Crippen LogP contribution in [0.2, 0.25) is 0 Å². The summed E-state index contributed by atoms with van der Waals surface area (Å²) in [6, 6.07) is 13.7.